The summed E-state index contributed by atoms with van der Waals surface area (Å²) in [6.45, 7) is 3.72. The highest BCUT2D eigenvalue weighted by atomic mass is 16.4. The first-order valence-electron chi connectivity index (χ1n) is 7.32. The number of carboxylic acids is 1. The van der Waals surface area contributed by atoms with Crippen LogP contribution in [0, 0.1) is 5.92 Å². The molecule has 0 spiro atoms. The topological polar surface area (TPSA) is 113 Å². The van der Waals surface area contributed by atoms with Crippen LogP contribution in [0.25, 0.3) is 0 Å². The molecule has 0 aromatic heterocycles. The summed E-state index contributed by atoms with van der Waals surface area (Å²) in [7, 11) is 0. The predicted molar refractivity (Wildman–Crippen MR) is 83.1 cm³/mol. The predicted octanol–water partition coefficient (Wildman–Crippen LogP) is 0.533. The molecule has 6 heteroatoms. The first kappa shape index (κ1) is 18.1. The zero-order valence-electron chi connectivity index (χ0n) is 12.9. The van der Waals surface area contributed by atoms with Crippen molar-refractivity contribution in [2.75, 3.05) is 0 Å². The molecule has 0 aliphatic heterocycles. The van der Waals surface area contributed by atoms with Crippen LogP contribution in [0.5, 0.6) is 0 Å². The maximum atomic E-state index is 12.0. The molecule has 1 amide bonds. The van der Waals surface area contributed by atoms with Gasteiger partial charge in [0.05, 0.1) is 0 Å². The van der Waals surface area contributed by atoms with E-state index in [-0.39, 0.29) is 5.92 Å². The molecule has 22 heavy (non-hydrogen) atoms. The van der Waals surface area contributed by atoms with Gasteiger partial charge >= 0.3 is 5.97 Å². The highest BCUT2D eigenvalue weighted by Gasteiger charge is 2.28. The molecule has 0 bridgehead atoms. The van der Waals surface area contributed by atoms with Gasteiger partial charge in [-0.15, -0.1) is 0 Å². The second kappa shape index (κ2) is 8.51. The van der Waals surface area contributed by atoms with Gasteiger partial charge in [-0.2, -0.15) is 0 Å². The van der Waals surface area contributed by atoms with Crippen LogP contribution in [-0.2, 0) is 16.0 Å². The smallest absolute Gasteiger partial charge is 0.326 e. The number of rotatable bonds is 8. The quantitative estimate of drug-likeness (QED) is 0.559. The number of aliphatic hydroxyl groups excluding tert-OH is 1. The number of nitrogens with one attached hydrogen (secondary N) is 1. The summed E-state index contributed by atoms with van der Waals surface area (Å²) in [5.74, 6) is -1.76. The fourth-order valence-corrected chi connectivity index (χ4v) is 2.14. The first-order chi connectivity index (χ1) is 10.3. The summed E-state index contributed by atoms with van der Waals surface area (Å²) in [6.07, 6.45) is -0.826. The SMILES string of the molecule is CC(C)C[C@H](NC(=O)[C@H](O)[C@H](N)Cc1ccccc1)C(=O)O. The van der Waals surface area contributed by atoms with Crippen LogP contribution in [0.3, 0.4) is 0 Å². The van der Waals surface area contributed by atoms with Crippen molar-refractivity contribution < 1.29 is 19.8 Å². The number of amides is 1. The Morgan fingerprint density at radius 3 is 2.32 bits per heavy atom. The molecule has 5 N–H and O–H groups in total. The molecule has 3 atom stereocenters. The molecule has 1 rings (SSSR count). The molecular formula is C16H24N2O4. The van der Waals surface area contributed by atoms with Crippen molar-refractivity contribution in [1.82, 2.24) is 5.32 Å². The van der Waals surface area contributed by atoms with Crippen LogP contribution >= 0.6 is 0 Å². The first-order valence-corrected chi connectivity index (χ1v) is 7.32. The molecule has 0 unspecified atom stereocenters. The van der Waals surface area contributed by atoms with Crippen molar-refractivity contribution in [3.05, 3.63) is 35.9 Å². The van der Waals surface area contributed by atoms with Crippen LogP contribution in [0.1, 0.15) is 25.8 Å². The minimum atomic E-state index is -1.45. The minimum absolute atomic E-state index is 0.108. The van der Waals surface area contributed by atoms with Gasteiger partial charge in [-0.05, 0) is 24.3 Å². The van der Waals surface area contributed by atoms with E-state index >= 15 is 0 Å². The summed E-state index contributed by atoms with van der Waals surface area (Å²) < 4.78 is 0. The molecule has 0 aliphatic rings. The zero-order valence-corrected chi connectivity index (χ0v) is 12.9. The molecule has 0 radical (unpaired) electrons. The molecular weight excluding hydrogens is 284 g/mol. The van der Waals surface area contributed by atoms with E-state index in [0.717, 1.165) is 5.56 Å². The number of carbonyl (C=O) groups excluding carboxylic acids is 1. The molecule has 0 fully saturated rings. The molecule has 0 heterocycles. The maximum absolute atomic E-state index is 12.0. The normalized spacial score (nSPS) is 15.1. The third-order valence-electron chi connectivity index (χ3n) is 3.31. The fourth-order valence-electron chi connectivity index (χ4n) is 2.14. The number of aliphatic carboxylic acids is 1. The Morgan fingerprint density at radius 2 is 1.82 bits per heavy atom. The van der Waals surface area contributed by atoms with Crippen molar-refractivity contribution in [2.24, 2.45) is 11.7 Å². The number of hydrogen-bond donors (Lipinski definition) is 4. The Balaban J connectivity index is 2.61. The number of benzene rings is 1. The zero-order chi connectivity index (χ0) is 16.7. The Labute approximate surface area is 130 Å². The van der Waals surface area contributed by atoms with Crippen molar-refractivity contribution in [2.45, 2.75) is 44.9 Å². The standard InChI is InChI=1S/C16H24N2O4/c1-10(2)8-13(16(21)22)18-15(20)14(19)12(17)9-11-6-4-3-5-7-11/h3-7,10,12-14,19H,8-9,17H2,1-2H3,(H,18,20)(H,21,22)/t12-,13+,14-/m1/s1. The van der Waals surface area contributed by atoms with E-state index in [9.17, 15) is 14.7 Å². The second-order valence-electron chi connectivity index (χ2n) is 5.83. The van der Waals surface area contributed by atoms with Gasteiger partial charge in [0.1, 0.15) is 12.1 Å². The molecule has 0 saturated heterocycles. The van der Waals surface area contributed by atoms with E-state index in [1.54, 1.807) is 0 Å². The lowest BCUT2D eigenvalue weighted by molar-refractivity contribution is -0.144. The van der Waals surface area contributed by atoms with Gasteiger partial charge < -0.3 is 21.3 Å². The van der Waals surface area contributed by atoms with Crippen LogP contribution in [-0.4, -0.2) is 40.3 Å². The van der Waals surface area contributed by atoms with Crippen LogP contribution in [0.4, 0.5) is 0 Å². The molecule has 0 saturated carbocycles. The Hall–Kier alpha value is -1.92. The second-order valence-corrected chi connectivity index (χ2v) is 5.83. The maximum Gasteiger partial charge on any atom is 0.326 e. The highest BCUT2D eigenvalue weighted by molar-refractivity contribution is 5.86. The van der Waals surface area contributed by atoms with E-state index in [0.29, 0.717) is 12.8 Å². The summed E-state index contributed by atoms with van der Waals surface area (Å²) in [5, 5.41) is 21.4. The van der Waals surface area contributed by atoms with Gasteiger partial charge in [-0.3, -0.25) is 4.79 Å². The van der Waals surface area contributed by atoms with E-state index in [1.807, 2.05) is 44.2 Å². The van der Waals surface area contributed by atoms with E-state index in [1.165, 1.54) is 0 Å². The fraction of sp³-hybridized carbons (Fsp3) is 0.500. The number of hydrogen-bond acceptors (Lipinski definition) is 4. The Bertz CT molecular complexity index is 490. The van der Waals surface area contributed by atoms with Gasteiger partial charge in [0.25, 0.3) is 5.91 Å². The number of carboxylic acid groups (broad SMARTS) is 1. The molecule has 1 aromatic carbocycles. The minimum Gasteiger partial charge on any atom is -0.480 e. The van der Waals surface area contributed by atoms with Gasteiger partial charge in [-0.1, -0.05) is 44.2 Å². The molecule has 0 aliphatic carbocycles. The Kier molecular flexibility index (Phi) is 7.01. The summed E-state index contributed by atoms with van der Waals surface area (Å²) in [6, 6.07) is 7.44. The molecule has 1 aromatic rings. The molecule has 6 nitrogen and oxygen atoms in total. The third kappa shape index (κ3) is 5.83. The van der Waals surface area contributed by atoms with E-state index in [2.05, 4.69) is 5.32 Å². The van der Waals surface area contributed by atoms with Crippen LogP contribution in [0.15, 0.2) is 30.3 Å². The summed E-state index contributed by atoms with van der Waals surface area (Å²) in [5.41, 5.74) is 6.75. The number of aliphatic hydroxyl groups is 1. The van der Waals surface area contributed by atoms with Crippen LogP contribution in [0.2, 0.25) is 0 Å². The summed E-state index contributed by atoms with van der Waals surface area (Å²) >= 11 is 0. The van der Waals surface area contributed by atoms with Crippen LogP contribution < -0.4 is 11.1 Å². The lowest BCUT2D eigenvalue weighted by Crippen LogP contribution is -2.52. The van der Waals surface area contributed by atoms with Gasteiger partial charge in [-0.25, -0.2) is 4.79 Å². The largest absolute Gasteiger partial charge is 0.480 e. The average Bonchev–Trinajstić information content (AvgIpc) is 2.46. The lowest BCUT2D eigenvalue weighted by Gasteiger charge is -2.22. The highest BCUT2D eigenvalue weighted by Crippen LogP contribution is 2.08. The van der Waals surface area contributed by atoms with Crippen molar-refractivity contribution in [1.29, 1.82) is 0 Å². The van der Waals surface area contributed by atoms with E-state index < -0.39 is 30.1 Å². The number of nitrogens with two attached hydrogens (primary N) is 1. The van der Waals surface area contributed by atoms with Gasteiger partial charge in [0.2, 0.25) is 0 Å². The molecule has 122 valence electrons. The number of carbonyl (C=O) groups is 2. The lowest BCUT2D eigenvalue weighted by atomic mass is 10.00. The van der Waals surface area contributed by atoms with Crippen molar-refractivity contribution in [3.63, 3.8) is 0 Å². The van der Waals surface area contributed by atoms with E-state index in [4.69, 9.17) is 10.8 Å². The van der Waals surface area contributed by atoms with Crippen molar-refractivity contribution in [3.8, 4) is 0 Å². The Morgan fingerprint density at radius 1 is 1.23 bits per heavy atom. The van der Waals surface area contributed by atoms with Gasteiger partial charge in [0.15, 0.2) is 0 Å². The van der Waals surface area contributed by atoms with Gasteiger partial charge in [0, 0.05) is 6.04 Å². The monoisotopic (exact) mass is 308 g/mol. The van der Waals surface area contributed by atoms with Crippen molar-refractivity contribution >= 4 is 11.9 Å². The summed E-state index contributed by atoms with van der Waals surface area (Å²) in [4.78, 5) is 23.1. The average molecular weight is 308 g/mol. The third-order valence-corrected chi connectivity index (χ3v) is 3.31.